The lowest BCUT2D eigenvalue weighted by atomic mass is 9.90. The van der Waals surface area contributed by atoms with Crippen LogP contribution < -0.4 is 10.5 Å². The van der Waals surface area contributed by atoms with Gasteiger partial charge in [0.15, 0.2) is 0 Å². The minimum absolute atomic E-state index is 0.467. The third-order valence-corrected chi connectivity index (χ3v) is 3.22. The van der Waals surface area contributed by atoms with Crippen LogP contribution in [0.1, 0.15) is 36.0 Å². The van der Waals surface area contributed by atoms with Crippen LogP contribution in [0.3, 0.4) is 0 Å². The van der Waals surface area contributed by atoms with E-state index in [4.69, 9.17) is 10.5 Å². The van der Waals surface area contributed by atoms with Gasteiger partial charge in [0.1, 0.15) is 5.75 Å². The quantitative estimate of drug-likeness (QED) is 0.824. The van der Waals surface area contributed by atoms with Gasteiger partial charge in [0.2, 0.25) is 0 Å². The second kappa shape index (κ2) is 5.17. The highest BCUT2D eigenvalue weighted by molar-refractivity contribution is 5.45. The van der Waals surface area contributed by atoms with Crippen molar-refractivity contribution >= 4 is 0 Å². The molecule has 0 saturated carbocycles. The molecule has 0 amide bonds. The molecule has 0 saturated heterocycles. The molecular weight excluding hydrogens is 186 g/mol. The molecule has 1 unspecified atom stereocenters. The topological polar surface area (TPSA) is 35.2 Å². The van der Waals surface area contributed by atoms with Gasteiger partial charge < -0.3 is 10.5 Å². The summed E-state index contributed by atoms with van der Waals surface area (Å²) in [6.07, 6.45) is 1.09. The van der Waals surface area contributed by atoms with Crippen molar-refractivity contribution in [3.05, 3.63) is 28.8 Å². The molecule has 0 heterocycles. The van der Waals surface area contributed by atoms with E-state index in [1.54, 1.807) is 7.11 Å². The Labute approximate surface area is 92.4 Å². The number of methoxy groups -OCH3 is 1. The minimum Gasteiger partial charge on any atom is -0.496 e. The summed E-state index contributed by atoms with van der Waals surface area (Å²) < 4.78 is 5.30. The van der Waals surface area contributed by atoms with Crippen molar-refractivity contribution < 1.29 is 4.74 Å². The van der Waals surface area contributed by atoms with E-state index in [-0.39, 0.29) is 0 Å². The molecule has 15 heavy (non-hydrogen) atoms. The molecule has 0 aliphatic rings. The van der Waals surface area contributed by atoms with Crippen molar-refractivity contribution in [3.63, 3.8) is 0 Å². The van der Waals surface area contributed by atoms with E-state index >= 15 is 0 Å². The van der Waals surface area contributed by atoms with Crippen molar-refractivity contribution in [1.82, 2.24) is 0 Å². The third-order valence-electron chi connectivity index (χ3n) is 3.22. The smallest absolute Gasteiger partial charge is 0.122 e. The van der Waals surface area contributed by atoms with E-state index in [2.05, 4.69) is 26.8 Å². The molecule has 0 fully saturated rings. The van der Waals surface area contributed by atoms with Crippen LogP contribution in [0.25, 0.3) is 0 Å². The van der Waals surface area contributed by atoms with E-state index in [1.165, 1.54) is 16.7 Å². The molecule has 84 valence electrons. The number of hydrogen-bond acceptors (Lipinski definition) is 2. The lowest BCUT2D eigenvalue weighted by molar-refractivity contribution is 0.411. The zero-order valence-corrected chi connectivity index (χ0v) is 10.1. The van der Waals surface area contributed by atoms with Crippen LogP contribution >= 0.6 is 0 Å². The molecule has 1 aromatic rings. The summed E-state index contributed by atoms with van der Waals surface area (Å²) in [5.41, 5.74) is 9.67. The SMILES string of the molecule is CCC(CN)c1ccc(OC)c(C)c1C. The summed E-state index contributed by atoms with van der Waals surface area (Å²) in [4.78, 5) is 0. The highest BCUT2D eigenvalue weighted by Gasteiger charge is 2.13. The first-order valence-corrected chi connectivity index (χ1v) is 5.49. The van der Waals surface area contributed by atoms with Crippen molar-refractivity contribution in [2.75, 3.05) is 13.7 Å². The lowest BCUT2D eigenvalue weighted by Crippen LogP contribution is -2.13. The molecule has 1 rings (SSSR count). The molecular formula is C13H21NO. The van der Waals surface area contributed by atoms with Crippen LogP contribution in [-0.4, -0.2) is 13.7 Å². The maximum atomic E-state index is 5.77. The van der Waals surface area contributed by atoms with Gasteiger partial charge in [-0.15, -0.1) is 0 Å². The number of nitrogens with two attached hydrogens (primary N) is 1. The molecule has 0 spiro atoms. The van der Waals surface area contributed by atoms with Crippen molar-refractivity contribution in [2.24, 2.45) is 5.73 Å². The number of rotatable bonds is 4. The summed E-state index contributed by atoms with van der Waals surface area (Å²) in [5, 5.41) is 0. The van der Waals surface area contributed by atoms with Gasteiger partial charge in [0.05, 0.1) is 7.11 Å². The van der Waals surface area contributed by atoms with Crippen molar-refractivity contribution in [2.45, 2.75) is 33.1 Å². The van der Waals surface area contributed by atoms with Crippen LogP contribution in [-0.2, 0) is 0 Å². The van der Waals surface area contributed by atoms with Crippen LogP contribution in [0.15, 0.2) is 12.1 Å². The highest BCUT2D eigenvalue weighted by Crippen LogP contribution is 2.29. The zero-order chi connectivity index (χ0) is 11.4. The first-order valence-electron chi connectivity index (χ1n) is 5.49. The summed E-state index contributed by atoms with van der Waals surface area (Å²) >= 11 is 0. The Balaban J connectivity index is 3.16. The average Bonchev–Trinajstić information content (AvgIpc) is 2.26. The second-order valence-corrected chi connectivity index (χ2v) is 3.95. The molecule has 0 aliphatic carbocycles. The van der Waals surface area contributed by atoms with E-state index in [0.29, 0.717) is 12.5 Å². The van der Waals surface area contributed by atoms with Gasteiger partial charge in [-0.25, -0.2) is 0 Å². The normalized spacial score (nSPS) is 12.6. The van der Waals surface area contributed by atoms with Crippen molar-refractivity contribution in [1.29, 1.82) is 0 Å². The number of hydrogen-bond donors (Lipinski definition) is 1. The van der Waals surface area contributed by atoms with Gasteiger partial charge in [0.25, 0.3) is 0 Å². The molecule has 0 aliphatic heterocycles. The average molecular weight is 207 g/mol. The predicted octanol–water partition coefficient (Wildman–Crippen LogP) is 2.76. The molecule has 2 nitrogen and oxygen atoms in total. The Morgan fingerprint density at radius 3 is 2.40 bits per heavy atom. The van der Waals surface area contributed by atoms with Crippen LogP contribution in [0.4, 0.5) is 0 Å². The monoisotopic (exact) mass is 207 g/mol. The molecule has 1 aromatic carbocycles. The Hall–Kier alpha value is -1.02. The summed E-state index contributed by atoms with van der Waals surface area (Å²) in [6, 6.07) is 4.18. The lowest BCUT2D eigenvalue weighted by Gasteiger charge is -2.18. The molecule has 1 atom stereocenters. The Bertz CT molecular complexity index is 330. The first kappa shape index (κ1) is 12.1. The van der Waals surface area contributed by atoms with Crippen molar-refractivity contribution in [3.8, 4) is 5.75 Å². The fraction of sp³-hybridized carbons (Fsp3) is 0.538. The van der Waals surface area contributed by atoms with Gasteiger partial charge in [-0.2, -0.15) is 0 Å². The van der Waals surface area contributed by atoms with Gasteiger partial charge in [-0.1, -0.05) is 13.0 Å². The van der Waals surface area contributed by atoms with E-state index in [0.717, 1.165) is 12.2 Å². The van der Waals surface area contributed by atoms with Crippen LogP contribution in [0.2, 0.25) is 0 Å². The standard InChI is InChI=1S/C13H21NO/c1-5-11(8-14)12-6-7-13(15-4)10(3)9(12)2/h6-7,11H,5,8,14H2,1-4H3. The predicted molar refractivity (Wildman–Crippen MR) is 64.6 cm³/mol. The van der Waals surface area contributed by atoms with Gasteiger partial charge in [-0.3, -0.25) is 0 Å². The largest absolute Gasteiger partial charge is 0.496 e. The minimum atomic E-state index is 0.467. The maximum Gasteiger partial charge on any atom is 0.122 e. The Kier molecular flexibility index (Phi) is 4.15. The molecule has 2 N–H and O–H groups in total. The fourth-order valence-corrected chi connectivity index (χ4v) is 1.99. The Morgan fingerprint density at radius 2 is 1.93 bits per heavy atom. The number of benzene rings is 1. The fourth-order valence-electron chi connectivity index (χ4n) is 1.99. The molecule has 2 heteroatoms. The Morgan fingerprint density at radius 1 is 1.27 bits per heavy atom. The van der Waals surface area contributed by atoms with E-state index < -0.39 is 0 Å². The molecule has 0 radical (unpaired) electrons. The summed E-state index contributed by atoms with van der Waals surface area (Å²) in [5.74, 6) is 1.43. The third kappa shape index (κ3) is 2.32. The summed E-state index contributed by atoms with van der Waals surface area (Å²) in [6.45, 7) is 7.13. The van der Waals surface area contributed by atoms with Crippen LogP contribution in [0.5, 0.6) is 5.75 Å². The second-order valence-electron chi connectivity index (χ2n) is 3.95. The number of ether oxygens (including phenoxy) is 1. The van der Waals surface area contributed by atoms with Crippen LogP contribution in [0, 0.1) is 13.8 Å². The highest BCUT2D eigenvalue weighted by atomic mass is 16.5. The molecule has 0 bridgehead atoms. The first-order chi connectivity index (χ1) is 7.15. The summed E-state index contributed by atoms with van der Waals surface area (Å²) in [7, 11) is 1.71. The van der Waals surface area contributed by atoms with E-state index in [9.17, 15) is 0 Å². The zero-order valence-electron chi connectivity index (χ0n) is 10.1. The molecule has 0 aromatic heterocycles. The van der Waals surface area contributed by atoms with Gasteiger partial charge >= 0.3 is 0 Å². The van der Waals surface area contributed by atoms with Gasteiger partial charge in [0, 0.05) is 0 Å². The van der Waals surface area contributed by atoms with Gasteiger partial charge in [-0.05, 0) is 55.5 Å². The maximum absolute atomic E-state index is 5.77. The van der Waals surface area contributed by atoms with E-state index in [1.807, 2.05) is 6.07 Å².